The van der Waals surface area contributed by atoms with Crippen LogP contribution in [0.5, 0.6) is 0 Å². The van der Waals surface area contributed by atoms with Gasteiger partial charge in [-0.25, -0.2) is 4.98 Å². The quantitative estimate of drug-likeness (QED) is 0.673. The van der Waals surface area contributed by atoms with Gasteiger partial charge >= 0.3 is 0 Å². The Balaban J connectivity index is 1.69. The van der Waals surface area contributed by atoms with Crippen molar-refractivity contribution in [3.63, 3.8) is 0 Å². The lowest BCUT2D eigenvalue weighted by molar-refractivity contribution is 0.206. The van der Waals surface area contributed by atoms with Gasteiger partial charge in [0.1, 0.15) is 11.6 Å². The Bertz CT molecular complexity index is 967. The smallest absolute Gasteiger partial charge is 0.140 e. The highest BCUT2D eigenvalue weighted by molar-refractivity contribution is 5.46. The molecule has 1 aromatic carbocycles. The standard InChI is InChI=1S/C21H23N3O/c1-13-6-4-5-7-17(13)24-14(2)23-20-18(24)9-8-16-10-19-15(12-22-25-19)11-21(16,20)3/h4-7,12,16H,8-11H2,1-3H3. The van der Waals surface area contributed by atoms with Crippen LogP contribution in [-0.2, 0) is 24.7 Å². The molecule has 0 N–H and O–H groups in total. The van der Waals surface area contributed by atoms with Crippen LogP contribution in [0, 0.1) is 19.8 Å². The first-order valence-electron chi connectivity index (χ1n) is 9.15. The Kier molecular flexibility index (Phi) is 3.03. The zero-order chi connectivity index (χ0) is 17.2. The molecule has 2 aliphatic rings. The largest absolute Gasteiger partial charge is 0.361 e. The maximum atomic E-state index is 5.48. The number of aryl methyl sites for hydroxylation is 2. The van der Waals surface area contributed by atoms with Crippen LogP contribution in [0.1, 0.15) is 47.4 Å². The predicted molar refractivity (Wildman–Crippen MR) is 96.1 cm³/mol. The molecule has 25 heavy (non-hydrogen) atoms. The summed E-state index contributed by atoms with van der Waals surface area (Å²) in [5.41, 5.74) is 6.57. The van der Waals surface area contributed by atoms with E-state index in [1.54, 1.807) is 0 Å². The summed E-state index contributed by atoms with van der Waals surface area (Å²) in [6.07, 6.45) is 6.13. The van der Waals surface area contributed by atoms with Crippen molar-refractivity contribution in [3.05, 3.63) is 64.6 Å². The number of imidazole rings is 1. The molecule has 2 aliphatic carbocycles. The predicted octanol–water partition coefficient (Wildman–Crippen LogP) is 4.10. The van der Waals surface area contributed by atoms with Crippen molar-refractivity contribution < 1.29 is 4.52 Å². The molecule has 0 amide bonds. The van der Waals surface area contributed by atoms with E-state index >= 15 is 0 Å². The number of nitrogens with zero attached hydrogens (tertiary/aromatic N) is 3. The first-order valence-corrected chi connectivity index (χ1v) is 9.15. The lowest BCUT2D eigenvalue weighted by Gasteiger charge is -2.43. The summed E-state index contributed by atoms with van der Waals surface area (Å²) in [6.45, 7) is 6.70. The molecule has 4 nitrogen and oxygen atoms in total. The molecule has 2 aromatic heterocycles. The van der Waals surface area contributed by atoms with Crippen LogP contribution < -0.4 is 0 Å². The van der Waals surface area contributed by atoms with E-state index in [9.17, 15) is 0 Å². The van der Waals surface area contributed by atoms with Crippen LogP contribution in [0.25, 0.3) is 5.69 Å². The van der Waals surface area contributed by atoms with Crippen LogP contribution in [-0.4, -0.2) is 14.7 Å². The van der Waals surface area contributed by atoms with Crippen molar-refractivity contribution in [1.29, 1.82) is 0 Å². The molecule has 0 aliphatic heterocycles. The number of hydrogen-bond donors (Lipinski definition) is 0. The molecule has 0 bridgehead atoms. The van der Waals surface area contributed by atoms with E-state index in [0.29, 0.717) is 5.92 Å². The van der Waals surface area contributed by atoms with E-state index in [4.69, 9.17) is 9.51 Å². The van der Waals surface area contributed by atoms with Crippen LogP contribution in [0.2, 0.25) is 0 Å². The van der Waals surface area contributed by atoms with Gasteiger partial charge in [0.05, 0.1) is 11.9 Å². The van der Waals surface area contributed by atoms with E-state index in [-0.39, 0.29) is 5.41 Å². The molecular formula is C21H23N3O. The Labute approximate surface area is 147 Å². The van der Waals surface area contributed by atoms with Gasteiger partial charge in [-0.3, -0.25) is 0 Å². The molecule has 2 unspecified atom stereocenters. The van der Waals surface area contributed by atoms with E-state index in [1.165, 1.54) is 34.6 Å². The van der Waals surface area contributed by atoms with Crippen LogP contribution in [0.15, 0.2) is 35.0 Å². The molecule has 0 saturated carbocycles. The number of rotatable bonds is 1. The molecule has 5 rings (SSSR count). The first kappa shape index (κ1) is 14.9. The zero-order valence-corrected chi connectivity index (χ0v) is 15.0. The van der Waals surface area contributed by atoms with E-state index in [1.807, 2.05) is 6.20 Å². The van der Waals surface area contributed by atoms with Gasteiger partial charge in [-0.2, -0.15) is 0 Å². The van der Waals surface area contributed by atoms with Crippen LogP contribution >= 0.6 is 0 Å². The molecule has 2 heterocycles. The van der Waals surface area contributed by atoms with Gasteiger partial charge in [-0.05, 0) is 50.7 Å². The minimum atomic E-state index is 0.0742. The van der Waals surface area contributed by atoms with Gasteiger partial charge in [-0.1, -0.05) is 30.3 Å². The number of benzene rings is 1. The summed E-state index contributed by atoms with van der Waals surface area (Å²) in [7, 11) is 0. The number of aromatic nitrogens is 3. The van der Waals surface area contributed by atoms with Crippen molar-refractivity contribution in [1.82, 2.24) is 14.7 Å². The van der Waals surface area contributed by atoms with Gasteiger partial charge < -0.3 is 9.09 Å². The van der Waals surface area contributed by atoms with E-state index in [0.717, 1.165) is 30.8 Å². The number of hydrogen-bond acceptors (Lipinski definition) is 3. The lowest BCUT2D eigenvalue weighted by Crippen LogP contribution is -2.43. The summed E-state index contributed by atoms with van der Waals surface area (Å²) < 4.78 is 7.86. The van der Waals surface area contributed by atoms with Gasteiger partial charge in [0.2, 0.25) is 0 Å². The number of para-hydroxylation sites is 1. The normalized spacial score (nSPS) is 24.5. The van der Waals surface area contributed by atoms with Crippen molar-refractivity contribution >= 4 is 0 Å². The van der Waals surface area contributed by atoms with Crippen molar-refractivity contribution in [2.75, 3.05) is 0 Å². The minimum absolute atomic E-state index is 0.0742. The molecule has 0 saturated heterocycles. The van der Waals surface area contributed by atoms with E-state index in [2.05, 4.69) is 54.8 Å². The maximum Gasteiger partial charge on any atom is 0.140 e. The Morgan fingerprint density at radius 1 is 1.24 bits per heavy atom. The number of fused-ring (bicyclic) bond motifs is 4. The monoisotopic (exact) mass is 333 g/mol. The molecule has 2 atom stereocenters. The Morgan fingerprint density at radius 2 is 2.08 bits per heavy atom. The fourth-order valence-electron chi connectivity index (χ4n) is 4.99. The molecular weight excluding hydrogens is 310 g/mol. The highest BCUT2D eigenvalue weighted by Gasteiger charge is 2.47. The van der Waals surface area contributed by atoms with Gasteiger partial charge in [0.25, 0.3) is 0 Å². The summed E-state index contributed by atoms with van der Waals surface area (Å²) >= 11 is 0. The van der Waals surface area contributed by atoms with Crippen molar-refractivity contribution in [2.45, 2.75) is 51.9 Å². The van der Waals surface area contributed by atoms with Crippen LogP contribution in [0.4, 0.5) is 0 Å². The van der Waals surface area contributed by atoms with Gasteiger partial charge in [-0.15, -0.1) is 0 Å². The molecule has 0 radical (unpaired) electrons. The summed E-state index contributed by atoms with van der Waals surface area (Å²) in [5, 5.41) is 4.03. The topological polar surface area (TPSA) is 43.9 Å². The summed E-state index contributed by atoms with van der Waals surface area (Å²) in [5.74, 6) is 2.76. The molecule has 0 spiro atoms. The second-order valence-corrected chi connectivity index (χ2v) is 7.88. The van der Waals surface area contributed by atoms with E-state index < -0.39 is 0 Å². The third-order valence-electron chi connectivity index (χ3n) is 6.39. The van der Waals surface area contributed by atoms with Gasteiger partial charge in [0.15, 0.2) is 0 Å². The second-order valence-electron chi connectivity index (χ2n) is 7.88. The zero-order valence-electron chi connectivity index (χ0n) is 15.0. The Morgan fingerprint density at radius 3 is 2.92 bits per heavy atom. The molecule has 128 valence electrons. The average molecular weight is 333 g/mol. The average Bonchev–Trinajstić information content (AvgIpc) is 3.17. The third-order valence-corrected chi connectivity index (χ3v) is 6.39. The highest BCUT2D eigenvalue weighted by atomic mass is 16.5. The summed E-state index contributed by atoms with van der Waals surface area (Å²) in [4.78, 5) is 5.09. The SMILES string of the molecule is Cc1ccccc1-n1c(C)nc2c1CCC1Cc3oncc3CC21C. The third kappa shape index (κ3) is 2.00. The minimum Gasteiger partial charge on any atom is -0.361 e. The maximum absolute atomic E-state index is 5.48. The second kappa shape index (κ2) is 5.07. The molecule has 0 fully saturated rings. The fourth-order valence-corrected chi connectivity index (χ4v) is 4.99. The summed E-state index contributed by atoms with van der Waals surface area (Å²) in [6, 6.07) is 8.60. The molecule has 3 aromatic rings. The van der Waals surface area contributed by atoms with Crippen LogP contribution in [0.3, 0.4) is 0 Å². The highest BCUT2D eigenvalue weighted by Crippen LogP contribution is 2.48. The van der Waals surface area contributed by atoms with Gasteiger partial charge in [0, 0.05) is 28.8 Å². The fraction of sp³-hybridized carbons (Fsp3) is 0.429. The van der Waals surface area contributed by atoms with Crippen molar-refractivity contribution in [2.24, 2.45) is 5.92 Å². The molecule has 4 heteroatoms. The van der Waals surface area contributed by atoms with Crippen molar-refractivity contribution in [3.8, 4) is 5.69 Å². The lowest BCUT2D eigenvalue weighted by atomic mass is 9.61. The Hall–Kier alpha value is -2.36. The first-order chi connectivity index (χ1) is 12.1.